The van der Waals surface area contributed by atoms with E-state index >= 15 is 0 Å². The minimum Gasteiger partial charge on any atom is -0.267 e. The molecule has 0 aliphatic heterocycles. The number of benzene rings is 1. The Kier molecular flexibility index (Phi) is 3.32. The first-order valence-electron chi connectivity index (χ1n) is 4.10. The van der Waals surface area contributed by atoms with Gasteiger partial charge < -0.3 is 0 Å². The fraction of sp³-hybridized carbons (Fsp3) is 0.300. The normalized spacial score (nSPS) is 10.2. The summed E-state index contributed by atoms with van der Waals surface area (Å²) in [6.07, 6.45) is 0. The van der Waals surface area contributed by atoms with Crippen molar-refractivity contribution in [3.05, 3.63) is 34.9 Å². The second-order valence-corrected chi connectivity index (χ2v) is 3.47. The standard InChI is InChI=1S/C10H11ClNO/c1-7(2)12-10(13)8-3-5-9(11)6-4-8/h3-7H,1-2H3. The summed E-state index contributed by atoms with van der Waals surface area (Å²) in [4.78, 5) is 11.4. The van der Waals surface area contributed by atoms with E-state index in [1.54, 1.807) is 24.3 Å². The van der Waals surface area contributed by atoms with Gasteiger partial charge in [0.2, 0.25) is 0 Å². The molecule has 0 aliphatic rings. The molecule has 0 unspecified atom stereocenters. The van der Waals surface area contributed by atoms with Gasteiger partial charge in [-0.25, -0.2) is 5.32 Å². The van der Waals surface area contributed by atoms with Gasteiger partial charge >= 0.3 is 0 Å². The molecule has 0 heterocycles. The molecule has 0 N–H and O–H groups in total. The molecule has 0 bridgehead atoms. The summed E-state index contributed by atoms with van der Waals surface area (Å²) < 4.78 is 0. The molecule has 1 amide bonds. The van der Waals surface area contributed by atoms with Gasteiger partial charge in [0.05, 0.1) is 0 Å². The van der Waals surface area contributed by atoms with Gasteiger partial charge in [0.15, 0.2) is 0 Å². The molecular weight excluding hydrogens is 186 g/mol. The van der Waals surface area contributed by atoms with Crippen molar-refractivity contribution in [3.8, 4) is 0 Å². The zero-order valence-electron chi connectivity index (χ0n) is 7.62. The van der Waals surface area contributed by atoms with E-state index in [1.165, 1.54) is 0 Å². The number of hydrogen-bond acceptors (Lipinski definition) is 1. The molecular formula is C10H11ClNO. The van der Waals surface area contributed by atoms with Gasteiger partial charge in [-0.15, -0.1) is 0 Å². The van der Waals surface area contributed by atoms with Crippen LogP contribution < -0.4 is 5.32 Å². The van der Waals surface area contributed by atoms with Crippen LogP contribution in [-0.2, 0) is 0 Å². The van der Waals surface area contributed by atoms with E-state index in [4.69, 9.17) is 11.6 Å². The molecule has 1 aromatic carbocycles. The number of hydrogen-bond donors (Lipinski definition) is 0. The minimum absolute atomic E-state index is 0.0307. The minimum atomic E-state index is -0.188. The van der Waals surface area contributed by atoms with E-state index < -0.39 is 0 Å². The number of nitrogens with zero attached hydrogens (tertiary/aromatic N) is 1. The molecule has 0 spiro atoms. The maximum absolute atomic E-state index is 11.4. The van der Waals surface area contributed by atoms with E-state index in [1.807, 2.05) is 13.8 Å². The van der Waals surface area contributed by atoms with Crippen LogP contribution in [0.25, 0.3) is 0 Å². The Bertz CT molecular complexity index is 292. The van der Waals surface area contributed by atoms with Crippen LogP contribution in [0, 0.1) is 0 Å². The first kappa shape index (κ1) is 10.1. The van der Waals surface area contributed by atoms with E-state index in [9.17, 15) is 4.79 Å². The maximum atomic E-state index is 11.4. The summed E-state index contributed by atoms with van der Waals surface area (Å²) in [6.45, 7) is 3.74. The van der Waals surface area contributed by atoms with Crippen LogP contribution in [0.1, 0.15) is 24.2 Å². The molecule has 13 heavy (non-hydrogen) atoms. The lowest BCUT2D eigenvalue weighted by Crippen LogP contribution is -2.22. The van der Waals surface area contributed by atoms with E-state index in [-0.39, 0.29) is 11.9 Å². The Morgan fingerprint density at radius 1 is 1.31 bits per heavy atom. The van der Waals surface area contributed by atoms with Crippen LogP contribution in [0.3, 0.4) is 0 Å². The van der Waals surface area contributed by atoms with Gasteiger partial charge in [-0.1, -0.05) is 11.6 Å². The van der Waals surface area contributed by atoms with Crippen LogP contribution >= 0.6 is 11.6 Å². The van der Waals surface area contributed by atoms with Crippen LogP contribution in [-0.4, -0.2) is 11.9 Å². The van der Waals surface area contributed by atoms with Crippen molar-refractivity contribution < 1.29 is 4.79 Å². The van der Waals surface area contributed by atoms with Gasteiger partial charge in [-0.05, 0) is 38.1 Å². The summed E-state index contributed by atoms with van der Waals surface area (Å²) >= 11 is 5.68. The van der Waals surface area contributed by atoms with Crippen molar-refractivity contribution >= 4 is 17.5 Å². The molecule has 1 radical (unpaired) electrons. The van der Waals surface area contributed by atoms with E-state index in [0.29, 0.717) is 10.6 Å². The summed E-state index contributed by atoms with van der Waals surface area (Å²) in [5.74, 6) is -0.188. The summed E-state index contributed by atoms with van der Waals surface area (Å²) in [7, 11) is 0. The number of halogens is 1. The highest BCUT2D eigenvalue weighted by molar-refractivity contribution is 6.30. The van der Waals surface area contributed by atoms with Crippen LogP contribution in [0.5, 0.6) is 0 Å². The summed E-state index contributed by atoms with van der Waals surface area (Å²) in [5, 5.41) is 4.52. The third kappa shape index (κ3) is 3.07. The molecule has 1 rings (SSSR count). The lowest BCUT2D eigenvalue weighted by molar-refractivity contribution is 0.0938. The Labute approximate surface area is 82.9 Å². The summed E-state index contributed by atoms with van der Waals surface area (Å²) in [5.41, 5.74) is 0.582. The molecule has 0 fully saturated rings. The second kappa shape index (κ2) is 4.28. The zero-order valence-corrected chi connectivity index (χ0v) is 8.38. The highest BCUT2D eigenvalue weighted by Gasteiger charge is 2.07. The highest BCUT2D eigenvalue weighted by Crippen LogP contribution is 2.09. The molecule has 1 aromatic rings. The maximum Gasteiger partial charge on any atom is 0.272 e. The van der Waals surface area contributed by atoms with Gasteiger partial charge in [-0.2, -0.15) is 0 Å². The molecule has 0 saturated heterocycles. The van der Waals surface area contributed by atoms with Crippen molar-refractivity contribution in [2.45, 2.75) is 19.9 Å². The Morgan fingerprint density at radius 2 is 1.85 bits per heavy atom. The second-order valence-electron chi connectivity index (χ2n) is 3.03. The molecule has 3 heteroatoms. The van der Waals surface area contributed by atoms with E-state index in [0.717, 1.165) is 0 Å². The third-order valence-electron chi connectivity index (χ3n) is 1.47. The van der Waals surface area contributed by atoms with Crippen molar-refractivity contribution in [1.82, 2.24) is 5.32 Å². The van der Waals surface area contributed by atoms with Gasteiger partial charge in [0.1, 0.15) is 0 Å². The molecule has 0 aromatic heterocycles. The average molecular weight is 197 g/mol. The van der Waals surface area contributed by atoms with Crippen molar-refractivity contribution in [1.29, 1.82) is 0 Å². The summed E-state index contributed by atoms with van der Waals surface area (Å²) in [6, 6.07) is 6.76. The molecule has 0 saturated carbocycles. The first-order chi connectivity index (χ1) is 6.09. The van der Waals surface area contributed by atoms with Crippen LogP contribution in [0.2, 0.25) is 5.02 Å². The van der Waals surface area contributed by atoms with Gasteiger partial charge in [0, 0.05) is 16.6 Å². The number of amides is 1. The molecule has 0 aliphatic carbocycles. The van der Waals surface area contributed by atoms with Gasteiger partial charge in [0.25, 0.3) is 5.91 Å². The van der Waals surface area contributed by atoms with Crippen molar-refractivity contribution in [2.24, 2.45) is 0 Å². The fourth-order valence-electron chi connectivity index (χ4n) is 0.902. The first-order valence-corrected chi connectivity index (χ1v) is 4.48. The highest BCUT2D eigenvalue weighted by atomic mass is 35.5. The number of rotatable bonds is 2. The SMILES string of the molecule is CC(C)[N]C(=O)c1ccc(Cl)cc1. The van der Waals surface area contributed by atoms with Crippen LogP contribution in [0.15, 0.2) is 24.3 Å². The number of carbonyl (C=O) groups excluding carboxylic acids is 1. The largest absolute Gasteiger partial charge is 0.272 e. The predicted molar refractivity (Wildman–Crippen MR) is 53.1 cm³/mol. The monoisotopic (exact) mass is 196 g/mol. The average Bonchev–Trinajstić information content (AvgIpc) is 2.04. The molecule has 0 atom stereocenters. The van der Waals surface area contributed by atoms with E-state index in [2.05, 4.69) is 5.32 Å². The Morgan fingerprint density at radius 3 is 2.31 bits per heavy atom. The zero-order chi connectivity index (χ0) is 9.84. The Hall–Kier alpha value is -1.02. The molecule has 2 nitrogen and oxygen atoms in total. The van der Waals surface area contributed by atoms with Gasteiger partial charge in [-0.3, -0.25) is 4.79 Å². The third-order valence-corrected chi connectivity index (χ3v) is 1.72. The molecule has 69 valence electrons. The predicted octanol–water partition coefficient (Wildman–Crippen LogP) is 2.49. The lowest BCUT2D eigenvalue weighted by atomic mass is 10.2. The quantitative estimate of drug-likeness (QED) is 0.715. The van der Waals surface area contributed by atoms with Crippen molar-refractivity contribution in [3.63, 3.8) is 0 Å². The Balaban J connectivity index is 2.72. The van der Waals surface area contributed by atoms with Crippen LogP contribution in [0.4, 0.5) is 0 Å². The van der Waals surface area contributed by atoms with Crippen molar-refractivity contribution in [2.75, 3.05) is 0 Å². The smallest absolute Gasteiger partial charge is 0.267 e. The fourth-order valence-corrected chi connectivity index (χ4v) is 1.03. The number of carbonyl (C=O) groups is 1. The lowest BCUT2D eigenvalue weighted by Gasteiger charge is -2.04. The topological polar surface area (TPSA) is 31.2 Å².